The highest BCUT2D eigenvalue weighted by Gasteiger charge is 2.40. The number of aliphatic imine (C=N–C) groups is 2. The highest BCUT2D eigenvalue weighted by Crippen LogP contribution is 2.21. The third kappa shape index (κ3) is 16.4. The molecule has 0 spiro atoms. The Morgan fingerprint density at radius 2 is 1.40 bits per heavy atom. The van der Waals surface area contributed by atoms with Gasteiger partial charge in [0.15, 0.2) is 11.9 Å². The molecule has 20 nitrogen and oxygen atoms in total. The Bertz CT molecular complexity index is 1600. The molecule has 1 aliphatic rings. The van der Waals surface area contributed by atoms with Crippen LogP contribution in [0.25, 0.3) is 0 Å². The molecule has 20 heteroatoms. The molecule has 0 bridgehead atoms. The molecule has 0 aromatic heterocycles. The number of nitrogens with two attached hydrogens (primary N) is 5. The van der Waals surface area contributed by atoms with Gasteiger partial charge < -0.3 is 65.0 Å². The molecule has 1 fully saturated rings. The topological polar surface area (TPSA) is 349 Å². The van der Waals surface area contributed by atoms with Crippen LogP contribution in [-0.4, -0.2) is 118 Å². The number of likely N-dealkylation sites (tertiary alicyclic amines) is 1. The lowest BCUT2D eigenvalue weighted by Gasteiger charge is -2.31. The van der Waals surface area contributed by atoms with Crippen molar-refractivity contribution >= 4 is 47.4 Å². The molecule has 1 saturated heterocycles. The van der Waals surface area contributed by atoms with Crippen LogP contribution in [0.4, 0.5) is 0 Å². The number of carbonyl (C=O) groups excluding carboxylic acids is 5. The first-order valence-corrected chi connectivity index (χ1v) is 19.7. The Hall–Kier alpha value is -5.66. The van der Waals surface area contributed by atoms with Gasteiger partial charge in [0.25, 0.3) is 0 Å². The number of carbonyl (C=O) groups is 6. The van der Waals surface area contributed by atoms with E-state index in [4.69, 9.17) is 28.7 Å². The molecule has 1 heterocycles. The zero-order valence-electron chi connectivity index (χ0n) is 34.0. The number of benzene rings is 1. The fourth-order valence-electron chi connectivity index (χ4n) is 6.45. The second-order valence-corrected chi connectivity index (χ2v) is 15.1. The van der Waals surface area contributed by atoms with Gasteiger partial charge in [0.05, 0.1) is 6.04 Å². The maximum atomic E-state index is 14.1. The number of phenolic OH excluding ortho intramolecular Hbond substituents is 1. The van der Waals surface area contributed by atoms with E-state index in [1.807, 2.05) is 20.8 Å². The maximum absolute atomic E-state index is 14.1. The van der Waals surface area contributed by atoms with Gasteiger partial charge in [0.1, 0.15) is 36.0 Å². The van der Waals surface area contributed by atoms with Crippen molar-refractivity contribution in [3.63, 3.8) is 0 Å². The smallest absolute Gasteiger partial charge is 0.326 e. The zero-order chi connectivity index (χ0) is 43.5. The molecular formula is C38H64N12O8. The number of aromatic hydroxyl groups is 1. The number of phenols is 1. The van der Waals surface area contributed by atoms with Gasteiger partial charge in [-0.05, 0) is 74.5 Å². The predicted octanol–water partition coefficient (Wildman–Crippen LogP) is -1.52. The lowest BCUT2D eigenvalue weighted by molar-refractivity contribution is -0.143. The Labute approximate surface area is 339 Å². The van der Waals surface area contributed by atoms with E-state index >= 15 is 0 Å². The molecular weight excluding hydrogens is 752 g/mol. The molecule has 0 radical (unpaired) electrons. The van der Waals surface area contributed by atoms with Gasteiger partial charge in [-0.1, -0.05) is 46.2 Å². The van der Waals surface area contributed by atoms with E-state index < -0.39 is 77.7 Å². The monoisotopic (exact) mass is 816 g/mol. The van der Waals surface area contributed by atoms with Crippen LogP contribution in [0, 0.1) is 11.8 Å². The summed E-state index contributed by atoms with van der Waals surface area (Å²) in [7, 11) is 0. The van der Waals surface area contributed by atoms with Crippen molar-refractivity contribution in [2.45, 2.75) is 122 Å². The number of nitrogens with one attached hydrogen (secondary N) is 4. The van der Waals surface area contributed by atoms with Crippen LogP contribution in [0.1, 0.15) is 84.6 Å². The molecule has 1 aromatic rings. The minimum atomic E-state index is -1.26. The third-order valence-corrected chi connectivity index (χ3v) is 9.83. The van der Waals surface area contributed by atoms with Crippen LogP contribution in [0.2, 0.25) is 0 Å². The highest BCUT2D eigenvalue weighted by molar-refractivity contribution is 5.96. The molecule has 324 valence electrons. The quantitative estimate of drug-likeness (QED) is 0.0321. The number of aliphatic carboxylic acids is 1. The fourth-order valence-corrected chi connectivity index (χ4v) is 6.45. The van der Waals surface area contributed by atoms with E-state index in [2.05, 4.69) is 31.3 Å². The van der Waals surface area contributed by atoms with Gasteiger partial charge >= 0.3 is 5.97 Å². The average Bonchev–Trinajstić information content (AvgIpc) is 3.66. The molecule has 7 atom stereocenters. The molecule has 1 unspecified atom stereocenters. The van der Waals surface area contributed by atoms with Crippen molar-refractivity contribution in [1.29, 1.82) is 0 Å². The van der Waals surface area contributed by atoms with Gasteiger partial charge in [-0.25, -0.2) is 4.79 Å². The SMILES string of the molecule is CC[C@H](C)C(NC(=O)[C@H](Cc1ccc(O)cc1)NC(=O)[C@@H]1CCCN1C(=O)[C@H](CCCN=C(N)N)NC(=O)[C@@H](N)CCCN=C(N)N)C(=O)N[C@@H](CC(C)C)C(=O)O. The lowest BCUT2D eigenvalue weighted by Crippen LogP contribution is -2.60. The van der Waals surface area contributed by atoms with Crippen molar-refractivity contribution in [2.24, 2.45) is 50.5 Å². The zero-order valence-corrected chi connectivity index (χ0v) is 34.0. The molecule has 2 rings (SSSR count). The van der Waals surface area contributed by atoms with E-state index in [1.165, 1.54) is 17.0 Å². The minimum Gasteiger partial charge on any atom is -0.508 e. The van der Waals surface area contributed by atoms with Crippen LogP contribution in [-0.2, 0) is 35.2 Å². The summed E-state index contributed by atoms with van der Waals surface area (Å²) in [6, 6.07) is -0.652. The fraction of sp³-hybridized carbons (Fsp3) is 0.632. The van der Waals surface area contributed by atoms with Crippen molar-refractivity contribution in [1.82, 2.24) is 26.2 Å². The summed E-state index contributed by atoms with van der Waals surface area (Å²) in [4.78, 5) is 90.1. The van der Waals surface area contributed by atoms with Crippen LogP contribution in [0.15, 0.2) is 34.3 Å². The lowest BCUT2D eigenvalue weighted by atomic mass is 9.96. The number of carboxylic acids is 1. The van der Waals surface area contributed by atoms with E-state index in [9.17, 15) is 39.0 Å². The van der Waals surface area contributed by atoms with Crippen LogP contribution in [0.5, 0.6) is 5.75 Å². The Balaban J connectivity index is 2.36. The second-order valence-electron chi connectivity index (χ2n) is 15.1. The van der Waals surface area contributed by atoms with Crippen molar-refractivity contribution in [2.75, 3.05) is 19.6 Å². The number of nitrogens with zero attached hydrogens (tertiary/aromatic N) is 3. The third-order valence-electron chi connectivity index (χ3n) is 9.83. The average molecular weight is 817 g/mol. The van der Waals surface area contributed by atoms with Gasteiger partial charge in [0.2, 0.25) is 29.5 Å². The van der Waals surface area contributed by atoms with Crippen LogP contribution in [0.3, 0.4) is 0 Å². The largest absolute Gasteiger partial charge is 0.508 e. The van der Waals surface area contributed by atoms with Gasteiger partial charge in [-0.3, -0.25) is 34.0 Å². The summed E-state index contributed by atoms with van der Waals surface area (Å²) in [5.41, 5.74) is 28.3. The summed E-state index contributed by atoms with van der Waals surface area (Å²) in [6.45, 7) is 7.84. The summed E-state index contributed by atoms with van der Waals surface area (Å²) < 4.78 is 0. The molecule has 1 aliphatic heterocycles. The minimum absolute atomic E-state index is 0.0105. The number of hydrogen-bond acceptors (Lipinski definition) is 10. The van der Waals surface area contributed by atoms with Crippen molar-refractivity contribution in [3.05, 3.63) is 29.8 Å². The van der Waals surface area contributed by atoms with E-state index in [-0.39, 0.29) is 75.3 Å². The number of hydrogen-bond donors (Lipinski definition) is 11. The van der Waals surface area contributed by atoms with E-state index in [0.29, 0.717) is 31.2 Å². The van der Waals surface area contributed by atoms with Gasteiger partial charge in [-0.15, -0.1) is 0 Å². The molecule has 1 aromatic carbocycles. The van der Waals surface area contributed by atoms with Gasteiger partial charge in [-0.2, -0.15) is 0 Å². The van der Waals surface area contributed by atoms with Crippen LogP contribution < -0.4 is 49.9 Å². The van der Waals surface area contributed by atoms with E-state index in [0.717, 1.165) is 0 Å². The highest BCUT2D eigenvalue weighted by atomic mass is 16.4. The molecule has 5 amide bonds. The standard InChI is InChI=1S/C38H64N12O8/c1-5-22(4)30(34(55)48-28(36(57)58)19-21(2)3)49-32(53)27(20-23-12-14-24(51)15-13-23)47-33(54)29-11-8-18-50(29)35(56)26(10-7-17-45-38(42)43)46-31(52)25(39)9-6-16-44-37(40)41/h12-15,21-22,25-30,51H,5-11,16-20,39H2,1-4H3,(H,46,52)(H,47,54)(H,48,55)(H,49,53)(H,57,58)(H4,40,41,44)(H4,42,43,45)/t22-,25-,26-,27-,28-,29-,30?/m0/s1. The summed E-state index contributed by atoms with van der Waals surface area (Å²) in [6.07, 6.45) is 2.36. The first-order chi connectivity index (χ1) is 27.3. The predicted molar refractivity (Wildman–Crippen MR) is 219 cm³/mol. The maximum Gasteiger partial charge on any atom is 0.326 e. The molecule has 16 N–H and O–H groups in total. The summed E-state index contributed by atoms with van der Waals surface area (Å²) >= 11 is 0. The molecule has 58 heavy (non-hydrogen) atoms. The van der Waals surface area contributed by atoms with Gasteiger partial charge in [0, 0.05) is 26.1 Å². The first kappa shape index (κ1) is 48.5. The Morgan fingerprint density at radius 3 is 1.95 bits per heavy atom. The van der Waals surface area contributed by atoms with Crippen LogP contribution >= 0.6 is 0 Å². The first-order valence-electron chi connectivity index (χ1n) is 19.7. The van der Waals surface area contributed by atoms with Crippen molar-refractivity contribution in [3.8, 4) is 5.75 Å². The number of rotatable bonds is 24. The Morgan fingerprint density at radius 1 is 0.810 bits per heavy atom. The normalized spacial score (nSPS) is 16.8. The van der Waals surface area contributed by atoms with E-state index in [1.54, 1.807) is 19.1 Å². The Kier molecular flexibility index (Phi) is 20.2. The summed E-state index contributed by atoms with van der Waals surface area (Å²) in [5.74, 6) is -5.06. The second kappa shape index (κ2) is 24.2. The molecule has 0 saturated carbocycles. The number of carboxylic acid groups (broad SMARTS) is 1. The molecule has 0 aliphatic carbocycles. The van der Waals surface area contributed by atoms with Crippen molar-refractivity contribution < 1.29 is 39.0 Å². The summed E-state index contributed by atoms with van der Waals surface area (Å²) in [5, 5.41) is 30.4. The number of amides is 5. The number of guanidine groups is 2.